The van der Waals surface area contributed by atoms with E-state index in [1.54, 1.807) is 43.5 Å². The van der Waals surface area contributed by atoms with E-state index in [-0.39, 0.29) is 17.3 Å². The maximum Gasteiger partial charge on any atom is 0.300 e. The van der Waals surface area contributed by atoms with Crippen molar-refractivity contribution in [1.82, 2.24) is 0 Å². The first kappa shape index (κ1) is 27.8. The molecule has 0 aromatic heterocycles. The SMILES string of the molecule is COc1ccc(C2/C(=C(\O)c3ccc(OC)c(C(C)C)c3)C(=O)C(=O)N2c2ccc(C(C)C)cc2)cc1OC. The van der Waals surface area contributed by atoms with Gasteiger partial charge in [0.25, 0.3) is 11.7 Å². The minimum atomic E-state index is -0.890. The number of hydrogen-bond donors (Lipinski definition) is 1. The number of nitrogens with zero attached hydrogens (tertiary/aromatic N) is 1. The summed E-state index contributed by atoms with van der Waals surface area (Å²) in [5.41, 5.74) is 3.56. The van der Waals surface area contributed by atoms with Crippen LogP contribution in [0.4, 0.5) is 5.69 Å². The Kier molecular flexibility index (Phi) is 8.00. The summed E-state index contributed by atoms with van der Waals surface area (Å²) in [6.07, 6.45) is 0. The molecule has 0 aliphatic carbocycles. The van der Waals surface area contributed by atoms with Crippen molar-refractivity contribution in [2.75, 3.05) is 26.2 Å². The van der Waals surface area contributed by atoms with Gasteiger partial charge in [-0.3, -0.25) is 14.5 Å². The highest BCUT2D eigenvalue weighted by Crippen LogP contribution is 2.44. The van der Waals surface area contributed by atoms with E-state index in [1.165, 1.54) is 19.1 Å². The molecule has 0 saturated carbocycles. The number of hydrogen-bond acceptors (Lipinski definition) is 6. The minimum Gasteiger partial charge on any atom is -0.507 e. The number of ketones is 1. The van der Waals surface area contributed by atoms with Gasteiger partial charge in [0, 0.05) is 11.3 Å². The number of anilines is 1. The molecular formula is C32H35NO6. The molecule has 4 rings (SSSR count). The molecule has 39 heavy (non-hydrogen) atoms. The molecule has 1 N–H and O–H groups in total. The van der Waals surface area contributed by atoms with Gasteiger partial charge in [-0.1, -0.05) is 45.9 Å². The zero-order valence-corrected chi connectivity index (χ0v) is 23.4. The number of methoxy groups -OCH3 is 3. The summed E-state index contributed by atoms with van der Waals surface area (Å²) >= 11 is 0. The Labute approximate surface area is 229 Å². The first-order valence-electron chi connectivity index (χ1n) is 12.9. The average Bonchev–Trinajstić information content (AvgIpc) is 3.21. The molecule has 1 saturated heterocycles. The van der Waals surface area contributed by atoms with Crippen LogP contribution >= 0.6 is 0 Å². The maximum atomic E-state index is 13.6. The largest absolute Gasteiger partial charge is 0.507 e. The molecule has 1 aliphatic rings. The zero-order chi connectivity index (χ0) is 28.4. The van der Waals surface area contributed by atoms with Crippen LogP contribution in [0.5, 0.6) is 17.2 Å². The second-order valence-corrected chi connectivity index (χ2v) is 10.1. The molecule has 0 bridgehead atoms. The van der Waals surface area contributed by atoms with E-state index in [9.17, 15) is 14.7 Å². The molecule has 1 heterocycles. The molecular weight excluding hydrogens is 494 g/mol. The van der Waals surface area contributed by atoms with Crippen molar-refractivity contribution in [3.8, 4) is 17.2 Å². The summed E-state index contributed by atoms with van der Waals surface area (Å²) in [5, 5.41) is 11.6. The highest BCUT2D eigenvalue weighted by atomic mass is 16.5. The van der Waals surface area contributed by atoms with Crippen molar-refractivity contribution in [2.24, 2.45) is 0 Å². The van der Waals surface area contributed by atoms with Gasteiger partial charge in [-0.05, 0) is 71.0 Å². The Morgan fingerprint density at radius 1 is 0.769 bits per heavy atom. The quantitative estimate of drug-likeness (QED) is 0.201. The van der Waals surface area contributed by atoms with Crippen molar-refractivity contribution in [3.63, 3.8) is 0 Å². The first-order chi connectivity index (χ1) is 18.6. The Morgan fingerprint density at radius 3 is 1.95 bits per heavy atom. The van der Waals surface area contributed by atoms with Gasteiger partial charge >= 0.3 is 0 Å². The van der Waals surface area contributed by atoms with Crippen LogP contribution < -0.4 is 19.1 Å². The van der Waals surface area contributed by atoms with Crippen LogP contribution in [0.3, 0.4) is 0 Å². The van der Waals surface area contributed by atoms with E-state index >= 15 is 0 Å². The van der Waals surface area contributed by atoms with Gasteiger partial charge in [0.15, 0.2) is 11.5 Å². The molecule has 0 radical (unpaired) electrons. The lowest BCUT2D eigenvalue weighted by molar-refractivity contribution is -0.132. The molecule has 1 aliphatic heterocycles. The molecule has 3 aromatic carbocycles. The molecule has 7 nitrogen and oxygen atoms in total. The number of Topliss-reactive ketones (excluding diaryl/α,β-unsaturated/α-hetero) is 1. The zero-order valence-electron chi connectivity index (χ0n) is 23.4. The number of ether oxygens (including phenoxy) is 3. The van der Waals surface area contributed by atoms with Crippen LogP contribution in [0.1, 0.15) is 67.8 Å². The van der Waals surface area contributed by atoms with Crippen molar-refractivity contribution in [3.05, 3.63) is 88.5 Å². The maximum absolute atomic E-state index is 13.6. The first-order valence-corrected chi connectivity index (χ1v) is 12.9. The van der Waals surface area contributed by atoms with Crippen molar-refractivity contribution in [1.29, 1.82) is 0 Å². The van der Waals surface area contributed by atoms with Gasteiger partial charge in [0.1, 0.15) is 11.5 Å². The van der Waals surface area contributed by atoms with Crippen molar-refractivity contribution < 1.29 is 28.9 Å². The average molecular weight is 530 g/mol. The smallest absolute Gasteiger partial charge is 0.300 e. The highest BCUT2D eigenvalue weighted by Gasteiger charge is 2.47. The van der Waals surface area contributed by atoms with Crippen LogP contribution in [0.25, 0.3) is 5.76 Å². The summed E-state index contributed by atoms with van der Waals surface area (Å²) in [5.74, 6) is 0.326. The molecule has 7 heteroatoms. The Morgan fingerprint density at radius 2 is 1.38 bits per heavy atom. The lowest BCUT2D eigenvalue weighted by atomic mass is 9.92. The summed E-state index contributed by atoms with van der Waals surface area (Å²) in [6, 6.07) is 17.1. The highest BCUT2D eigenvalue weighted by molar-refractivity contribution is 6.51. The number of aliphatic hydroxyl groups excluding tert-OH is 1. The van der Waals surface area contributed by atoms with E-state index in [4.69, 9.17) is 14.2 Å². The van der Waals surface area contributed by atoms with Gasteiger partial charge in [0.2, 0.25) is 0 Å². The third-order valence-corrected chi connectivity index (χ3v) is 7.13. The summed E-state index contributed by atoms with van der Waals surface area (Å²) in [6.45, 7) is 8.21. The lowest BCUT2D eigenvalue weighted by Crippen LogP contribution is -2.29. The molecule has 204 valence electrons. The second kappa shape index (κ2) is 11.2. The minimum absolute atomic E-state index is 0.0000268. The number of aliphatic hydroxyl groups is 1. The van der Waals surface area contributed by atoms with Crippen LogP contribution in [-0.2, 0) is 9.59 Å². The van der Waals surface area contributed by atoms with E-state index < -0.39 is 17.7 Å². The number of amides is 1. The predicted octanol–water partition coefficient (Wildman–Crippen LogP) is 6.59. The molecule has 1 atom stereocenters. The predicted molar refractivity (Wildman–Crippen MR) is 152 cm³/mol. The van der Waals surface area contributed by atoms with Crippen LogP contribution in [0, 0.1) is 0 Å². The fourth-order valence-corrected chi connectivity index (χ4v) is 4.95. The van der Waals surface area contributed by atoms with Crippen molar-refractivity contribution in [2.45, 2.75) is 45.6 Å². The fraction of sp³-hybridized carbons (Fsp3) is 0.312. The third-order valence-electron chi connectivity index (χ3n) is 7.13. The van der Waals surface area contributed by atoms with Crippen LogP contribution in [0.15, 0.2) is 66.2 Å². The Balaban J connectivity index is 1.96. The number of carbonyl (C=O) groups excluding carboxylic acids is 2. The van der Waals surface area contributed by atoms with Crippen LogP contribution in [0.2, 0.25) is 0 Å². The molecule has 1 amide bonds. The number of carbonyl (C=O) groups is 2. The van der Waals surface area contributed by atoms with Gasteiger partial charge < -0.3 is 19.3 Å². The Bertz CT molecular complexity index is 1420. The number of benzene rings is 3. The third kappa shape index (κ3) is 5.09. The monoisotopic (exact) mass is 529 g/mol. The normalized spacial score (nSPS) is 16.7. The number of rotatable bonds is 8. The molecule has 1 fully saturated rings. The summed E-state index contributed by atoms with van der Waals surface area (Å²) in [4.78, 5) is 28.6. The van der Waals surface area contributed by atoms with E-state index in [0.717, 1.165) is 11.1 Å². The van der Waals surface area contributed by atoms with Gasteiger partial charge in [-0.25, -0.2) is 0 Å². The Hall–Kier alpha value is -4.26. The topological polar surface area (TPSA) is 85.3 Å². The van der Waals surface area contributed by atoms with Crippen LogP contribution in [-0.4, -0.2) is 38.1 Å². The summed E-state index contributed by atoms with van der Waals surface area (Å²) in [7, 11) is 4.65. The molecule has 0 spiro atoms. The lowest BCUT2D eigenvalue weighted by Gasteiger charge is -2.26. The fourth-order valence-electron chi connectivity index (χ4n) is 4.95. The standard InChI is InChI=1S/C32H35NO6/c1-18(2)20-8-12-23(13-9-20)33-29(21-10-15-26(38-6)27(17-21)39-7)28(31(35)32(33)36)30(34)22-11-14-25(37-5)24(16-22)19(3)4/h8-19,29,34H,1-7H3/b30-28+. The van der Waals surface area contributed by atoms with Gasteiger partial charge in [0.05, 0.1) is 32.9 Å². The second-order valence-electron chi connectivity index (χ2n) is 10.1. The summed E-state index contributed by atoms with van der Waals surface area (Å²) < 4.78 is 16.4. The van der Waals surface area contributed by atoms with Gasteiger partial charge in [-0.2, -0.15) is 0 Å². The van der Waals surface area contributed by atoms with Gasteiger partial charge in [-0.15, -0.1) is 0 Å². The molecule has 3 aromatic rings. The van der Waals surface area contributed by atoms with E-state index in [1.807, 2.05) is 38.1 Å². The van der Waals surface area contributed by atoms with Crippen molar-refractivity contribution >= 4 is 23.1 Å². The van der Waals surface area contributed by atoms with E-state index in [0.29, 0.717) is 40.0 Å². The molecule has 1 unspecified atom stereocenters. The van der Waals surface area contributed by atoms with E-state index in [2.05, 4.69) is 13.8 Å².